The van der Waals surface area contributed by atoms with Crippen molar-refractivity contribution >= 4 is 0 Å². The Morgan fingerprint density at radius 3 is 1.05 bits per heavy atom. The van der Waals surface area contributed by atoms with Gasteiger partial charge < -0.3 is 9.47 Å². The van der Waals surface area contributed by atoms with E-state index in [1.54, 1.807) is 0 Å². The van der Waals surface area contributed by atoms with Crippen LogP contribution in [0.25, 0.3) is 22.8 Å². The third-order valence-corrected chi connectivity index (χ3v) is 6.77. The molecule has 0 unspecified atom stereocenters. The summed E-state index contributed by atoms with van der Waals surface area (Å²) in [5.74, 6) is 0. The average molecular weight is 509 g/mol. The van der Waals surface area contributed by atoms with E-state index >= 15 is 0 Å². The zero-order valence-electron chi connectivity index (χ0n) is 21.5. The second-order valence-corrected chi connectivity index (χ2v) is 9.70. The monoisotopic (exact) mass is 508 g/mol. The zero-order valence-corrected chi connectivity index (χ0v) is 21.5. The largest absolute Gasteiger partial charge is 0.378 e. The number of nitrogens with zero attached hydrogens (tertiary/aromatic N) is 6. The van der Waals surface area contributed by atoms with E-state index in [2.05, 4.69) is 58.3 Å². The van der Waals surface area contributed by atoms with E-state index in [1.165, 1.54) is 0 Å². The molecule has 0 N–H and O–H groups in total. The van der Waals surface area contributed by atoms with E-state index in [0.29, 0.717) is 52.6 Å². The minimum atomic E-state index is 0.572. The van der Waals surface area contributed by atoms with E-state index in [1.807, 2.05) is 24.3 Å². The number of rotatable bonds is 0. The van der Waals surface area contributed by atoms with Crippen LogP contribution in [-0.4, -0.2) is 69.3 Å². The molecule has 4 aromatic rings. The summed E-state index contributed by atoms with van der Waals surface area (Å²) in [6.07, 6.45) is 0. The molecule has 0 spiro atoms. The van der Waals surface area contributed by atoms with Crippen molar-refractivity contribution < 1.29 is 9.47 Å². The maximum absolute atomic E-state index is 5.94. The van der Waals surface area contributed by atoms with Gasteiger partial charge in [0.1, 0.15) is 0 Å². The van der Waals surface area contributed by atoms with E-state index in [-0.39, 0.29) is 0 Å². The molecule has 194 valence electrons. The van der Waals surface area contributed by atoms with Gasteiger partial charge in [-0.15, -0.1) is 0 Å². The third-order valence-electron chi connectivity index (χ3n) is 6.77. The van der Waals surface area contributed by atoms with Crippen molar-refractivity contribution in [2.45, 2.75) is 26.2 Å². The summed E-state index contributed by atoms with van der Waals surface area (Å²) in [6.45, 7) is 6.61. The molecule has 8 nitrogen and oxygen atoms in total. The molecule has 0 atom stereocenters. The van der Waals surface area contributed by atoms with Crippen LogP contribution in [0.15, 0.2) is 72.8 Å². The quantitative estimate of drug-likeness (QED) is 0.353. The Kier molecular flexibility index (Phi) is 7.74. The lowest BCUT2D eigenvalue weighted by atomic mass is 10.2. The second-order valence-electron chi connectivity index (χ2n) is 9.70. The van der Waals surface area contributed by atoms with Crippen molar-refractivity contribution in [1.82, 2.24) is 29.7 Å². The first-order chi connectivity index (χ1) is 18.8. The van der Waals surface area contributed by atoms with Gasteiger partial charge in [0, 0.05) is 39.3 Å². The number of aromatic nitrogens is 4. The van der Waals surface area contributed by atoms with Crippen LogP contribution in [-0.2, 0) is 35.7 Å². The van der Waals surface area contributed by atoms with Crippen LogP contribution in [0.2, 0.25) is 0 Å². The molecular formula is C30H32N6O2. The van der Waals surface area contributed by atoms with Crippen LogP contribution in [0.4, 0.5) is 0 Å². The summed E-state index contributed by atoms with van der Waals surface area (Å²) < 4.78 is 11.9. The van der Waals surface area contributed by atoms with Crippen molar-refractivity contribution in [2.75, 3.05) is 39.5 Å². The van der Waals surface area contributed by atoms with E-state index in [4.69, 9.17) is 29.4 Å². The molecule has 0 amide bonds. The summed E-state index contributed by atoms with van der Waals surface area (Å²) in [5.41, 5.74) is 7.50. The van der Waals surface area contributed by atoms with Crippen LogP contribution in [0.3, 0.4) is 0 Å². The molecule has 0 fully saturated rings. The van der Waals surface area contributed by atoms with Crippen molar-refractivity contribution in [3.8, 4) is 22.8 Å². The van der Waals surface area contributed by atoms with Gasteiger partial charge in [0.05, 0.1) is 72.0 Å². The van der Waals surface area contributed by atoms with Crippen LogP contribution in [0.5, 0.6) is 0 Å². The summed E-state index contributed by atoms with van der Waals surface area (Å²) >= 11 is 0. The topological polar surface area (TPSA) is 76.5 Å². The minimum Gasteiger partial charge on any atom is -0.378 e. The molecule has 0 aliphatic carbocycles. The molecule has 0 saturated carbocycles. The highest BCUT2D eigenvalue weighted by molar-refractivity contribution is 5.55. The van der Waals surface area contributed by atoms with Crippen LogP contribution < -0.4 is 0 Å². The first-order valence-corrected chi connectivity index (χ1v) is 13.2. The normalized spacial score (nSPS) is 20.4. The number of hydrogen-bond acceptors (Lipinski definition) is 8. The Hall–Kier alpha value is -3.56. The Labute approximate surface area is 223 Å². The lowest BCUT2D eigenvalue weighted by molar-refractivity contribution is 0.0279. The third kappa shape index (κ3) is 6.28. The fourth-order valence-corrected chi connectivity index (χ4v) is 4.89. The number of hydrogen-bond donors (Lipinski definition) is 0. The maximum atomic E-state index is 5.94. The molecular weight excluding hydrogens is 476 g/mol. The first-order valence-electron chi connectivity index (χ1n) is 13.2. The molecule has 4 aromatic heterocycles. The number of pyridine rings is 4. The van der Waals surface area contributed by atoms with Gasteiger partial charge in [-0.05, 0) is 48.5 Å². The van der Waals surface area contributed by atoms with Gasteiger partial charge in [0.15, 0.2) is 0 Å². The van der Waals surface area contributed by atoms with E-state index in [9.17, 15) is 0 Å². The number of fused-ring (bicyclic) bond motifs is 7. The van der Waals surface area contributed by atoms with Gasteiger partial charge in [0.2, 0.25) is 0 Å². The van der Waals surface area contributed by atoms with E-state index in [0.717, 1.165) is 58.6 Å². The minimum absolute atomic E-state index is 0.572. The van der Waals surface area contributed by atoms with Crippen molar-refractivity contribution in [1.29, 1.82) is 0 Å². The Morgan fingerprint density at radius 1 is 0.421 bits per heavy atom. The molecule has 7 rings (SSSR count). The molecule has 7 heterocycles. The highest BCUT2D eigenvalue weighted by atomic mass is 16.5. The second kappa shape index (κ2) is 11.9. The molecule has 3 aliphatic rings. The molecule has 0 saturated heterocycles. The Balaban J connectivity index is 1.45. The SMILES string of the molecule is c1cc2nc(c1)-c1cccc(n1)CN1CCOCCOCCN(C2)Cc2cccc(n2)-c2cccc(n2)C1. The standard InChI is InChI=1S/C30H32N6O2/c1-5-23-19-35-13-15-37-17-18-38-16-14-36(21-24-6-2-10-28(32-24)27(9-1)31-23)22-26-8-4-12-30(34-26)29-11-3-7-25(20-35)33-29/h1-12H,13-22H2. The summed E-state index contributed by atoms with van der Waals surface area (Å²) in [4.78, 5) is 24.6. The van der Waals surface area contributed by atoms with Crippen LogP contribution in [0.1, 0.15) is 22.8 Å². The van der Waals surface area contributed by atoms with Crippen molar-refractivity contribution in [2.24, 2.45) is 0 Å². The van der Waals surface area contributed by atoms with Gasteiger partial charge >= 0.3 is 0 Å². The smallest absolute Gasteiger partial charge is 0.0890 e. The van der Waals surface area contributed by atoms with Gasteiger partial charge in [-0.1, -0.05) is 24.3 Å². The lowest BCUT2D eigenvalue weighted by Gasteiger charge is -2.24. The summed E-state index contributed by atoms with van der Waals surface area (Å²) in [7, 11) is 0. The lowest BCUT2D eigenvalue weighted by Crippen LogP contribution is -2.29. The van der Waals surface area contributed by atoms with Gasteiger partial charge in [-0.2, -0.15) is 0 Å². The van der Waals surface area contributed by atoms with Crippen molar-refractivity contribution in [3.63, 3.8) is 0 Å². The zero-order chi connectivity index (χ0) is 25.6. The van der Waals surface area contributed by atoms with Crippen LogP contribution in [0, 0.1) is 0 Å². The first kappa shape index (κ1) is 24.8. The molecule has 8 heteroatoms. The van der Waals surface area contributed by atoms with Gasteiger partial charge in [-0.3, -0.25) is 9.80 Å². The fourth-order valence-electron chi connectivity index (χ4n) is 4.89. The Bertz CT molecular complexity index is 1180. The molecule has 0 aromatic carbocycles. The van der Waals surface area contributed by atoms with Gasteiger partial charge in [0.25, 0.3) is 0 Å². The molecule has 0 radical (unpaired) electrons. The highest BCUT2D eigenvalue weighted by Gasteiger charge is 2.15. The average Bonchev–Trinajstić information content (AvgIpc) is 2.94. The molecule has 38 heavy (non-hydrogen) atoms. The highest BCUT2D eigenvalue weighted by Crippen LogP contribution is 2.20. The molecule has 3 aliphatic heterocycles. The maximum Gasteiger partial charge on any atom is 0.0890 e. The fraction of sp³-hybridized carbons (Fsp3) is 0.333. The molecule has 10 bridgehead atoms. The predicted octanol–water partition coefficient (Wildman–Crippen LogP) is 3.97. The number of ether oxygens (including phenoxy) is 2. The Morgan fingerprint density at radius 2 is 0.737 bits per heavy atom. The van der Waals surface area contributed by atoms with Crippen molar-refractivity contribution in [3.05, 3.63) is 95.6 Å². The van der Waals surface area contributed by atoms with E-state index < -0.39 is 0 Å². The predicted molar refractivity (Wildman–Crippen MR) is 145 cm³/mol. The van der Waals surface area contributed by atoms with Crippen LogP contribution >= 0.6 is 0 Å². The van der Waals surface area contributed by atoms with Gasteiger partial charge in [-0.25, -0.2) is 19.9 Å². The summed E-state index contributed by atoms with van der Waals surface area (Å²) in [5, 5.41) is 0. The summed E-state index contributed by atoms with van der Waals surface area (Å²) in [6, 6.07) is 24.7.